The van der Waals surface area contributed by atoms with E-state index < -0.39 is 0 Å². The lowest BCUT2D eigenvalue weighted by molar-refractivity contribution is -0.134. The maximum atomic E-state index is 12.6. The number of aromatic nitrogens is 2. The molecule has 0 saturated carbocycles. The second-order valence-electron chi connectivity index (χ2n) is 5.78. The van der Waals surface area contributed by atoms with Gasteiger partial charge in [0.25, 0.3) is 0 Å². The van der Waals surface area contributed by atoms with Crippen molar-refractivity contribution in [3.63, 3.8) is 0 Å². The maximum absolute atomic E-state index is 12.6. The number of hydrogen-bond acceptors (Lipinski definition) is 3. The van der Waals surface area contributed by atoms with Crippen molar-refractivity contribution in [1.29, 1.82) is 0 Å². The van der Waals surface area contributed by atoms with E-state index in [0.717, 1.165) is 18.4 Å². The zero-order valence-corrected chi connectivity index (χ0v) is 13.0. The van der Waals surface area contributed by atoms with Gasteiger partial charge in [-0.05, 0) is 17.9 Å². The molecule has 1 fully saturated rings. The highest BCUT2D eigenvalue weighted by Crippen LogP contribution is 2.15. The van der Waals surface area contributed by atoms with Gasteiger partial charge in [0.15, 0.2) is 0 Å². The summed E-state index contributed by atoms with van der Waals surface area (Å²) in [5.41, 5.74) is 1.11. The molecule has 2 amide bonds. The van der Waals surface area contributed by atoms with Crippen molar-refractivity contribution in [3.8, 4) is 0 Å². The molecule has 2 unspecified atom stereocenters. The zero-order chi connectivity index (χ0) is 15.4. The van der Waals surface area contributed by atoms with Crippen LogP contribution in [0.2, 0.25) is 0 Å². The predicted molar refractivity (Wildman–Crippen MR) is 79.5 cm³/mol. The average molecular weight is 292 g/mol. The second kappa shape index (κ2) is 6.74. The van der Waals surface area contributed by atoms with Gasteiger partial charge in [0.2, 0.25) is 11.8 Å². The van der Waals surface area contributed by atoms with Crippen LogP contribution in [0, 0.1) is 5.92 Å². The number of hydrogen-bond donors (Lipinski definition) is 1. The third-order valence-electron chi connectivity index (χ3n) is 4.14. The van der Waals surface area contributed by atoms with E-state index in [0.29, 0.717) is 19.5 Å². The molecule has 1 aliphatic heterocycles. The van der Waals surface area contributed by atoms with Crippen LogP contribution in [-0.4, -0.2) is 45.6 Å². The zero-order valence-electron chi connectivity index (χ0n) is 13.0. The van der Waals surface area contributed by atoms with Gasteiger partial charge >= 0.3 is 0 Å². The molecule has 1 saturated heterocycles. The Morgan fingerprint density at radius 1 is 1.48 bits per heavy atom. The highest BCUT2D eigenvalue weighted by molar-refractivity contribution is 5.90. The number of nitrogens with zero attached hydrogens (tertiary/aromatic N) is 3. The normalized spacial score (nSPS) is 21.1. The molecule has 1 aromatic rings. The molecular weight excluding hydrogens is 268 g/mol. The van der Waals surface area contributed by atoms with Crippen LogP contribution in [0.5, 0.6) is 0 Å². The molecular formula is C15H24N4O2. The van der Waals surface area contributed by atoms with Gasteiger partial charge in [-0.25, -0.2) is 0 Å². The van der Waals surface area contributed by atoms with Gasteiger partial charge in [0.05, 0.1) is 6.20 Å². The summed E-state index contributed by atoms with van der Waals surface area (Å²) in [6.45, 7) is 5.17. The third kappa shape index (κ3) is 3.83. The highest BCUT2D eigenvalue weighted by Gasteiger charge is 2.32. The van der Waals surface area contributed by atoms with Crippen molar-refractivity contribution in [1.82, 2.24) is 20.0 Å². The second-order valence-corrected chi connectivity index (χ2v) is 5.78. The number of carbonyl (C=O) groups is 2. The molecule has 2 rings (SSSR count). The van der Waals surface area contributed by atoms with Gasteiger partial charge in [-0.2, -0.15) is 5.10 Å². The number of amides is 2. The lowest BCUT2D eigenvalue weighted by Crippen LogP contribution is -2.48. The molecule has 0 bridgehead atoms. The number of nitrogens with one attached hydrogen (secondary N) is 1. The van der Waals surface area contributed by atoms with Crippen LogP contribution in [0.25, 0.3) is 0 Å². The van der Waals surface area contributed by atoms with Crippen molar-refractivity contribution in [3.05, 3.63) is 18.0 Å². The molecule has 6 nitrogen and oxygen atoms in total. The molecule has 0 radical (unpaired) electrons. The first-order valence-electron chi connectivity index (χ1n) is 7.57. The van der Waals surface area contributed by atoms with E-state index in [2.05, 4.69) is 10.4 Å². The first-order valence-corrected chi connectivity index (χ1v) is 7.57. The first-order chi connectivity index (χ1) is 10.0. The molecule has 1 N–H and O–H groups in total. The van der Waals surface area contributed by atoms with Crippen LogP contribution >= 0.6 is 0 Å². The van der Waals surface area contributed by atoms with Gasteiger partial charge < -0.3 is 10.2 Å². The van der Waals surface area contributed by atoms with E-state index in [-0.39, 0.29) is 23.8 Å². The summed E-state index contributed by atoms with van der Waals surface area (Å²) in [6.07, 6.45) is 5.79. The number of rotatable bonds is 5. The number of aryl methyl sites for hydroxylation is 1. The lowest BCUT2D eigenvalue weighted by Gasteiger charge is -2.27. The van der Waals surface area contributed by atoms with E-state index in [1.54, 1.807) is 4.68 Å². The Kier molecular flexibility index (Phi) is 4.98. The molecule has 1 aliphatic rings. The Morgan fingerprint density at radius 2 is 2.24 bits per heavy atom. The van der Waals surface area contributed by atoms with Crippen LogP contribution in [-0.2, 0) is 23.1 Å². The molecule has 0 spiro atoms. The van der Waals surface area contributed by atoms with Crippen molar-refractivity contribution in [2.45, 2.75) is 39.2 Å². The van der Waals surface area contributed by atoms with Crippen LogP contribution in [0.1, 0.15) is 32.3 Å². The average Bonchev–Trinajstić information content (AvgIpc) is 2.82. The molecule has 1 aromatic heterocycles. The summed E-state index contributed by atoms with van der Waals surface area (Å²) < 4.78 is 1.76. The molecule has 21 heavy (non-hydrogen) atoms. The Labute approximate surface area is 125 Å². The van der Waals surface area contributed by atoms with Crippen LogP contribution < -0.4 is 5.32 Å². The van der Waals surface area contributed by atoms with Crippen molar-refractivity contribution >= 4 is 11.8 Å². The fraction of sp³-hybridized carbons (Fsp3) is 0.667. The minimum absolute atomic E-state index is 0.0301. The molecule has 2 atom stereocenters. The summed E-state index contributed by atoms with van der Waals surface area (Å²) in [5.74, 6) is 0.164. The smallest absolute Gasteiger partial charge is 0.245 e. The van der Waals surface area contributed by atoms with Crippen LogP contribution in [0.15, 0.2) is 12.4 Å². The Hall–Kier alpha value is -1.85. The van der Waals surface area contributed by atoms with E-state index in [4.69, 9.17) is 0 Å². The predicted octanol–water partition coefficient (Wildman–Crippen LogP) is 0.726. The Morgan fingerprint density at radius 3 is 2.86 bits per heavy atom. The largest absolute Gasteiger partial charge is 0.344 e. The SMILES string of the molecule is CCC(C)C1NC(=O)CCN(CCc2cnn(C)c2)C1=O. The maximum Gasteiger partial charge on any atom is 0.245 e. The quantitative estimate of drug-likeness (QED) is 0.870. The summed E-state index contributed by atoms with van der Waals surface area (Å²) in [7, 11) is 1.88. The summed E-state index contributed by atoms with van der Waals surface area (Å²) in [4.78, 5) is 26.2. The summed E-state index contributed by atoms with van der Waals surface area (Å²) in [5, 5.41) is 7.00. The Balaban J connectivity index is 2.03. The highest BCUT2D eigenvalue weighted by atomic mass is 16.2. The minimum atomic E-state index is -0.390. The van der Waals surface area contributed by atoms with Crippen LogP contribution in [0.4, 0.5) is 0 Å². The topological polar surface area (TPSA) is 67.2 Å². The lowest BCUT2D eigenvalue weighted by atomic mass is 9.98. The van der Waals surface area contributed by atoms with Crippen molar-refractivity contribution in [2.75, 3.05) is 13.1 Å². The van der Waals surface area contributed by atoms with Crippen LogP contribution in [0.3, 0.4) is 0 Å². The third-order valence-corrected chi connectivity index (χ3v) is 4.14. The monoisotopic (exact) mass is 292 g/mol. The van der Waals surface area contributed by atoms with E-state index in [1.807, 2.05) is 38.2 Å². The van der Waals surface area contributed by atoms with E-state index in [1.165, 1.54) is 0 Å². The Bertz CT molecular complexity index is 512. The summed E-state index contributed by atoms with van der Waals surface area (Å²) in [6, 6.07) is -0.390. The van der Waals surface area contributed by atoms with E-state index in [9.17, 15) is 9.59 Å². The van der Waals surface area contributed by atoms with Gasteiger partial charge in [0.1, 0.15) is 6.04 Å². The number of carbonyl (C=O) groups excluding carboxylic acids is 2. The molecule has 0 aliphatic carbocycles. The molecule has 6 heteroatoms. The van der Waals surface area contributed by atoms with Crippen molar-refractivity contribution in [2.24, 2.45) is 13.0 Å². The fourth-order valence-corrected chi connectivity index (χ4v) is 2.56. The molecule has 2 heterocycles. The van der Waals surface area contributed by atoms with Gasteiger partial charge in [0, 0.05) is 32.8 Å². The standard InChI is InChI=1S/C15H24N4O2/c1-4-11(2)14-15(21)19(8-6-13(20)17-14)7-5-12-9-16-18(3)10-12/h9-11,14H,4-8H2,1-3H3,(H,17,20). The minimum Gasteiger partial charge on any atom is -0.344 e. The van der Waals surface area contributed by atoms with E-state index >= 15 is 0 Å². The molecule has 116 valence electrons. The van der Waals surface area contributed by atoms with Crippen molar-refractivity contribution < 1.29 is 9.59 Å². The fourth-order valence-electron chi connectivity index (χ4n) is 2.56. The van der Waals surface area contributed by atoms with Gasteiger partial charge in [-0.3, -0.25) is 14.3 Å². The molecule has 0 aromatic carbocycles. The van der Waals surface area contributed by atoms with Gasteiger partial charge in [-0.1, -0.05) is 20.3 Å². The summed E-state index contributed by atoms with van der Waals surface area (Å²) >= 11 is 0. The first kappa shape index (κ1) is 15.5. The van der Waals surface area contributed by atoms with Gasteiger partial charge in [-0.15, -0.1) is 0 Å².